The highest BCUT2D eigenvalue weighted by Gasteiger charge is 2.23. The molecule has 0 aliphatic heterocycles. The lowest BCUT2D eigenvalue weighted by molar-refractivity contribution is -0.125. The fourth-order valence-corrected chi connectivity index (χ4v) is 3.77. The summed E-state index contributed by atoms with van der Waals surface area (Å²) in [5.41, 5.74) is 0.862. The fraction of sp³-hybridized carbons (Fsp3) is 0.333. The number of anilines is 1. The Morgan fingerprint density at radius 3 is 2.23 bits per heavy atom. The number of esters is 1. The number of methoxy groups -OCH3 is 1. The molecule has 0 unspecified atom stereocenters. The van der Waals surface area contributed by atoms with Gasteiger partial charge in [-0.2, -0.15) is 0 Å². The number of hydrogen-bond acceptors (Lipinski definition) is 6. The van der Waals surface area contributed by atoms with Crippen molar-refractivity contribution < 1.29 is 27.5 Å². The zero-order valence-corrected chi connectivity index (χ0v) is 18.4. The molecule has 0 heterocycles. The summed E-state index contributed by atoms with van der Waals surface area (Å²) >= 11 is 0. The first-order valence-corrected chi connectivity index (χ1v) is 10.7. The van der Waals surface area contributed by atoms with Gasteiger partial charge in [-0.1, -0.05) is 17.7 Å². The van der Waals surface area contributed by atoms with Crippen molar-refractivity contribution in [1.29, 1.82) is 0 Å². The number of carbonyl (C=O) groups excluding carboxylic acids is 2. The molecule has 2 N–H and O–H groups in total. The van der Waals surface area contributed by atoms with Gasteiger partial charge in [0.1, 0.15) is 10.6 Å². The number of sulfonamides is 1. The molecule has 0 atom stereocenters. The average molecular weight is 435 g/mol. The third-order valence-electron chi connectivity index (χ3n) is 3.84. The fourth-order valence-electron chi connectivity index (χ4n) is 2.51. The summed E-state index contributed by atoms with van der Waals surface area (Å²) in [6.45, 7) is 6.81. The van der Waals surface area contributed by atoms with E-state index in [4.69, 9.17) is 9.47 Å². The summed E-state index contributed by atoms with van der Waals surface area (Å²) in [7, 11) is -2.71. The molecule has 2 rings (SSSR count). The highest BCUT2D eigenvalue weighted by molar-refractivity contribution is 7.92. The predicted octanol–water partition coefficient (Wildman–Crippen LogP) is 2.88. The lowest BCUT2D eigenvalue weighted by Gasteiger charge is -2.20. The lowest BCUT2D eigenvalue weighted by atomic mass is 10.1. The summed E-state index contributed by atoms with van der Waals surface area (Å²) in [6, 6.07) is 10.7. The monoisotopic (exact) mass is 434 g/mol. The van der Waals surface area contributed by atoms with Crippen LogP contribution in [0, 0.1) is 6.92 Å². The van der Waals surface area contributed by atoms with Gasteiger partial charge in [0.15, 0.2) is 6.61 Å². The quantitative estimate of drug-likeness (QED) is 0.649. The first-order valence-electron chi connectivity index (χ1n) is 9.17. The van der Waals surface area contributed by atoms with Crippen LogP contribution >= 0.6 is 0 Å². The third-order valence-corrected chi connectivity index (χ3v) is 5.24. The number of benzene rings is 2. The maximum absolute atomic E-state index is 12.9. The normalized spacial score (nSPS) is 11.5. The van der Waals surface area contributed by atoms with E-state index >= 15 is 0 Å². The Bertz CT molecular complexity index is 1020. The van der Waals surface area contributed by atoms with E-state index in [9.17, 15) is 18.0 Å². The molecule has 0 spiro atoms. The Kier molecular flexibility index (Phi) is 7.09. The molecule has 0 aliphatic carbocycles. The molecule has 0 bridgehead atoms. The zero-order valence-electron chi connectivity index (χ0n) is 17.6. The van der Waals surface area contributed by atoms with Crippen molar-refractivity contribution in [3.63, 3.8) is 0 Å². The van der Waals surface area contributed by atoms with E-state index < -0.39 is 34.0 Å². The molecule has 2 aromatic carbocycles. The number of amides is 1. The van der Waals surface area contributed by atoms with Crippen molar-refractivity contribution in [2.75, 3.05) is 18.4 Å². The average Bonchev–Trinajstić information content (AvgIpc) is 2.66. The second-order valence-electron chi connectivity index (χ2n) is 7.71. The Labute approximate surface area is 176 Å². The van der Waals surface area contributed by atoms with Gasteiger partial charge in [0, 0.05) is 11.2 Å². The topological polar surface area (TPSA) is 111 Å². The molecule has 0 radical (unpaired) electrons. The predicted molar refractivity (Wildman–Crippen MR) is 113 cm³/mol. The summed E-state index contributed by atoms with van der Waals surface area (Å²) < 4.78 is 38.3. The Morgan fingerprint density at radius 2 is 1.67 bits per heavy atom. The van der Waals surface area contributed by atoms with Crippen LogP contribution in [-0.4, -0.2) is 39.5 Å². The molecule has 2 aromatic rings. The number of ether oxygens (including phenoxy) is 2. The van der Waals surface area contributed by atoms with Crippen molar-refractivity contribution >= 4 is 27.6 Å². The number of aryl methyl sites for hydroxylation is 1. The minimum absolute atomic E-state index is 0.0244. The standard InChI is InChI=1S/C21H26N2O6S/c1-14-6-9-16(10-7-14)23-30(26,27)18-12-15(8-11-17(18)28-5)20(25)29-13-19(24)22-21(2,3)4/h6-12,23H,13H2,1-5H3,(H,22,24). The van der Waals surface area contributed by atoms with Crippen LogP contribution in [0.2, 0.25) is 0 Å². The largest absolute Gasteiger partial charge is 0.495 e. The van der Waals surface area contributed by atoms with Crippen LogP contribution in [-0.2, 0) is 19.6 Å². The Hall–Kier alpha value is -3.07. The van der Waals surface area contributed by atoms with Gasteiger partial charge >= 0.3 is 5.97 Å². The molecule has 1 amide bonds. The van der Waals surface area contributed by atoms with Crippen molar-refractivity contribution in [3.8, 4) is 5.75 Å². The van der Waals surface area contributed by atoms with Crippen molar-refractivity contribution in [1.82, 2.24) is 5.32 Å². The molecule has 8 nitrogen and oxygen atoms in total. The van der Waals surface area contributed by atoms with Crippen LogP contribution in [0.25, 0.3) is 0 Å². The number of carbonyl (C=O) groups is 2. The van der Waals surface area contributed by atoms with Gasteiger partial charge in [0.25, 0.3) is 15.9 Å². The van der Waals surface area contributed by atoms with E-state index in [1.165, 1.54) is 19.2 Å². The van der Waals surface area contributed by atoms with Crippen molar-refractivity contribution in [2.45, 2.75) is 38.1 Å². The minimum atomic E-state index is -4.04. The smallest absolute Gasteiger partial charge is 0.338 e. The van der Waals surface area contributed by atoms with Gasteiger partial charge in [0.05, 0.1) is 12.7 Å². The van der Waals surface area contributed by atoms with E-state index in [1.807, 2.05) is 6.92 Å². The van der Waals surface area contributed by atoms with Gasteiger partial charge in [-0.25, -0.2) is 13.2 Å². The highest BCUT2D eigenvalue weighted by atomic mass is 32.2. The van der Waals surface area contributed by atoms with E-state index in [-0.39, 0.29) is 16.2 Å². The van der Waals surface area contributed by atoms with Crippen LogP contribution in [0.1, 0.15) is 36.7 Å². The lowest BCUT2D eigenvalue weighted by Crippen LogP contribution is -2.42. The second kappa shape index (κ2) is 9.17. The first kappa shape index (κ1) is 23.2. The van der Waals surface area contributed by atoms with Crippen LogP contribution in [0.15, 0.2) is 47.4 Å². The zero-order chi connectivity index (χ0) is 22.5. The second-order valence-corrected chi connectivity index (χ2v) is 9.36. The number of hydrogen-bond donors (Lipinski definition) is 2. The van der Waals surface area contributed by atoms with Crippen LogP contribution < -0.4 is 14.8 Å². The van der Waals surface area contributed by atoms with Crippen LogP contribution in [0.3, 0.4) is 0 Å². The summed E-state index contributed by atoms with van der Waals surface area (Å²) in [6.07, 6.45) is 0. The molecule has 0 aromatic heterocycles. The SMILES string of the molecule is COc1ccc(C(=O)OCC(=O)NC(C)(C)C)cc1S(=O)(=O)Nc1ccc(C)cc1. The van der Waals surface area contributed by atoms with E-state index in [2.05, 4.69) is 10.0 Å². The van der Waals surface area contributed by atoms with Crippen LogP contribution in [0.4, 0.5) is 5.69 Å². The molecule has 0 fully saturated rings. The van der Waals surface area contributed by atoms with Gasteiger partial charge in [0.2, 0.25) is 0 Å². The van der Waals surface area contributed by atoms with Gasteiger partial charge in [-0.15, -0.1) is 0 Å². The summed E-state index contributed by atoms with van der Waals surface area (Å²) in [5.74, 6) is -1.22. The van der Waals surface area contributed by atoms with E-state index in [0.717, 1.165) is 11.6 Å². The molecule has 30 heavy (non-hydrogen) atoms. The number of rotatable bonds is 7. The molecule has 0 saturated carbocycles. The van der Waals surface area contributed by atoms with Gasteiger partial charge in [-0.3, -0.25) is 9.52 Å². The van der Waals surface area contributed by atoms with Gasteiger partial charge < -0.3 is 14.8 Å². The molecule has 0 aliphatic rings. The third kappa shape index (κ3) is 6.48. The Morgan fingerprint density at radius 1 is 1.03 bits per heavy atom. The maximum Gasteiger partial charge on any atom is 0.338 e. The molecule has 0 saturated heterocycles. The maximum atomic E-state index is 12.9. The van der Waals surface area contributed by atoms with Crippen molar-refractivity contribution in [2.24, 2.45) is 0 Å². The summed E-state index contributed by atoms with van der Waals surface area (Å²) in [5, 5.41) is 2.67. The number of nitrogens with one attached hydrogen (secondary N) is 2. The molecule has 9 heteroatoms. The first-order chi connectivity index (χ1) is 13.9. The Balaban J connectivity index is 2.22. The minimum Gasteiger partial charge on any atom is -0.495 e. The van der Waals surface area contributed by atoms with E-state index in [0.29, 0.717) is 5.69 Å². The highest BCUT2D eigenvalue weighted by Crippen LogP contribution is 2.27. The van der Waals surface area contributed by atoms with Crippen molar-refractivity contribution in [3.05, 3.63) is 53.6 Å². The van der Waals surface area contributed by atoms with Gasteiger partial charge in [-0.05, 0) is 58.0 Å². The molecule has 162 valence electrons. The summed E-state index contributed by atoms with van der Waals surface area (Å²) in [4.78, 5) is 23.9. The van der Waals surface area contributed by atoms with E-state index in [1.54, 1.807) is 45.0 Å². The molecular weight excluding hydrogens is 408 g/mol. The van der Waals surface area contributed by atoms with Crippen LogP contribution in [0.5, 0.6) is 5.75 Å². The molecular formula is C21H26N2O6S.